The molecular formula is C16H19FN6O. The van der Waals surface area contributed by atoms with E-state index in [0.717, 1.165) is 5.69 Å². The Kier molecular flexibility index (Phi) is 4.76. The summed E-state index contributed by atoms with van der Waals surface area (Å²) < 4.78 is 14.8. The number of hydrogen-bond acceptors (Lipinski definition) is 4. The van der Waals surface area contributed by atoms with Crippen LogP contribution in [0.25, 0.3) is 5.82 Å². The molecule has 3 aromatic rings. The maximum Gasteiger partial charge on any atom is 0.319 e. The van der Waals surface area contributed by atoms with Crippen LogP contribution in [0, 0.1) is 5.82 Å². The monoisotopic (exact) mass is 330 g/mol. The Hall–Kier alpha value is -3.29. The van der Waals surface area contributed by atoms with E-state index in [2.05, 4.69) is 25.6 Å². The fourth-order valence-corrected chi connectivity index (χ4v) is 2.08. The lowest BCUT2D eigenvalue weighted by molar-refractivity contribution is 0.252. The highest BCUT2D eigenvalue weighted by Crippen LogP contribution is 2.08. The summed E-state index contributed by atoms with van der Waals surface area (Å²) in [6, 6.07) is 5.30. The molecule has 0 spiro atoms. The third kappa shape index (κ3) is 4.13. The molecule has 0 fully saturated rings. The SMILES string of the molecule is O=C(NCCc1cncc(-n2ccnc2)n1)Nc1cccc(F)c1.[HH].[HH]. The number of nitrogens with zero attached hydrogens (tertiary/aromatic N) is 4. The van der Waals surface area contributed by atoms with Gasteiger partial charge in [-0.1, -0.05) is 6.07 Å². The van der Waals surface area contributed by atoms with Gasteiger partial charge >= 0.3 is 6.03 Å². The molecule has 0 bridgehead atoms. The molecule has 0 saturated heterocycles. The third-order valence-electron chi connectivity index (χ3n) is 3.19. The summed E-state index contributed by atoms with van der Waals surface area (Å²) in [6.45, 7) is 0.378. The summed E-state index contributed by atoms with van der Waals surface area (Å²) in [7, 11) is 0. The van der Waals surface area contributed by atoms with Crippen LogP contribution in [-0.4, -0.2) is 32.1 Å². The normalized spacial score (nSPS) is 10.4. The van der Waals surface area contributed by atoms with Crippen molar-refractivity contribution in [2.45, 2.75) is 6.42 Å². The predicted molar refractivity (Wildman–Crippen MR) is 90.5 cm³/mol. The van der Waals surface area contributed by atoms with Crippen molar-refractivity contribution in [2.75, 3.05) is 11.9 Å². The first-order valence-electron chi connectivity index (χ1n) is 7.30. The zero-order chi connectivity index (χ0) is 16.8. The van der Waals surface area contributed by atoms with Crippen LogP contribution >= 0.6 is 0 Å². The van der Waals surface area contributed by atoms with Crippen LogP contribution in [0.3, 0.4) is 0 Å². The lowest BCUT2D eigenvalue weighted by Gasteiger charge is -2.08. The summed E-state index contributed by atoms with van der Waals surface area (Å²) in [5.41, 5.74) is 1.14. The lowest BCUT2D eigenvalue weighted by atomic mass is 10.3. The van der Waals surface area contributed by atoms with Crippen molar-refractivity contribution < 1.29 is 12.0 Å². The zero-order valence-corrected chi connectivity index (χ0v) is 12.7. The second kappa shape index (κ2) is 7.32. The van der Waals surface area contributed by atoms with Crippen LogP contribution in [0.2, 0.25) is 0 Å². The van der Waals surface area contributed by atoms with Gasteiger partial charge in [0.05, 0.1) is 11.9 Å². The van der Waals surface area contributed by atoms with Crippen molar-refractivity contribution in [3.05, 3.63) is 66.9 Å². The third-order valence-corrected chi connectivity index (χ3v) is 3.19. The van der Waals surface area contributed by atoms with Crippen molar-refractivity contribution in [1.82, 2.24) is 24.8 Å². The maximum atomic E-state index is 13.1. The predicted octanol–water partition coefficient (Wildman–Crippen LogP) is 2.66. The number of benzene rings is 1. The van der Waals surface area contributed by atoms with E-state index in [4.69, 9.17) is 0 Å². The number of carbonyl (C=O) groups is 1. The van der Waals surface area contributed by atoms with Gasteiger partial charge in [0, 0.05) is 40.1 Å². The van der Waals surface area contributed by atoms with Crippen molar-refractivity contribution in [2.24, 2.45) is 0 Å². The lowest BCUT2D eigenvalue weighted by Crippen LogP contribution is -2.30. The number of urea groups is 1. The van der Waals surface area contributed by atoms with Gasteiger partial charge < -0.3 is 10.6 Å². The molecule has 2 aromatic heterocycles. The molecule has 0 aliphatic rings. The van der Waals surface area contributed by atoms with Crippen LogP contribution in [0.5, 0.6) is 0 Å². The van der Waals surface area contributed by atoms with Gasteiger partial charge in [-0.25, -0.2) is 19.2 Å². The first-order valence-corrected chi connectivity index (χ1v) is 7.30. The molecule has 0 aliphatic carbocycles. The number of nitrogens with one attached hydrogen (secondary N) is 2. The van der Waals surface area contributed by atoms with Crippen molar-refractivity contribution >= 4 is 11.7 Å². The highest BCUT2D eigenvalue weighted by molar-refractivity contribution is 5.89. The second-order valence-electron chi connectivity index (χ2n) is 4.98. The van der Waals surface area contributed by atoms with Gasteiger partial charge in [-0.2, -0.15) is 0 Å². The minimum Gasteiger partial charge on any atom is -0.337 e. The van der Waals surface area contributed by atoms with Gasteiger partial charge in [0.15, 0.2) is 5.82 Å². The Balaban J connectivity index is 0.00000169. The van der Waals surface area contributed by atoms with Crippen LogP contribution in [0.4, 0.5) is 14.9 Å². The molecule has 0 unspecified atom stereocenters. The number of hydrogen-bond donors (Lipinski definition) is 2. The van der Waals surface area contributed by atoms with Gasteiger partial charge in [0.25, 0.3) is 0 Å². The second-order valence-corrected chi connectivity index (χ2v) is 4.98. The Morgan fingerprint density at radius 1 is 1.29 bits per heavy atom. The van der Waals surface area contributed by atoms with E-state index in [9.17, 15) is 9.18 Å². The van der Waals surface area contributed by atoms with E-state index in [1.807, 2.05) is 0 Å². The summed E-state index contributed by atoms with van der Waals surface area (Å²) in [5, 5.41) is 5.26. The average Bonchev–Trinajstić information content (AvgIpc) is 3.10. The van der Waals surface area contributed by atoms with E-state index in [-0.39, 0.29) is 2.85 Å². The van der Waals surface area contributed by atoms with Gasteiger partial charge in [0.2, 0.25) is 0 Å². The van der Waals surface area contributed by atoms with E-state index in [0.29, 0.717) is 24.5 Å². The first kappa shape index (κ1) is 15.6. The molecule has 0 aliphatic heterocycles. The van der Waals surface area contributed by atoms with E-state index in [1.165, 1.54) is 18.2 Å². The molecule has 0 saturated carbocycles. The van der Waals surface area contributed by atoms with Gasteiger partial charge in [0.1, 0.15) is 12.1 Å². The minimum absolute atomic E-state index is 0. The number of carbonyl (C=O) groups excluding carboxylic acids is 1. The zero-order valence-electron chi connectivity index (χ0n) is 12.7. The van der Waals surface area contributed by atoms with E-state index in [1.54, 1.807) is 41.7 Å². The van der Waals surface area contributed by atoms with Gasteiger partial charge in [-0.05, 0) is 18.2 Å². The topological polar surface area (TPSA) is 84.7 Å². The molecule has 7 nitrogen and oxygen atoms in total. The Labute approximate surface area is 140 Å². The molecule has 126 valence electrons. The fraction of sp³-hybridized carbons (Fsp3) is 0.125. The number of aromatic nitrogens is 4. The molecule has 1 aromatic carbocycles. The highest BCUT2D eigenvalue weighted by Gasteiger charge is 2.04. The summed E-state index contributed by atoms with van der Waals surface area (Å²) in [4.78, 5) is 24.3. The molecule has 2 heterocycles. The molecule has 8 heteroatoms. The summed E-state index contributed by atoms with van der Waals surface area (Å²) >= 11 is 0. The van der Waals surface area contributed by atoms with E-state index >= 15 is 0 Å². The summed E-state index contributed by atoms with van der Waals surface area (Å²) in [5.74, 6) is 0.258. The van der Waals surface area contributed by atoms with Crippen molar-refractivity contribution in [3.63, 3.8) is 0 Å². The number of rotatable bonds is 5. The Morgan fingerprint density at radius 2 is 2.21 bits per heavy atom. The van der Waals surface area contributed by atoms with Crippen LogP contribution in [-0.2, 0) is 6.42 Å². The molecule has 0 atom stereocenters. The standard InChI is InChI=1S/C16H15FN6O.2H2/c17-12-2-1-3-13(8-12)22-16(24)20-5-4-14-9-19-10-15(21-14)23-7-6-18-11-23;;/h1-3,6-11H,4-5H2,(H2,20,22,24);2*1H. The van der Waals surface area contributed by atoms with Gasteiger partial charge in [-0.3, -0.25) is 9.55 Å². The maximum absolute atomic E-state index is 13.1. The molecule has 24 heavy (non-hydrogen) atoms. The molecule has 0 radical (unpaired) electrons. The van der Waals surface area contributed by atoms with Crippen LogP contribution in [0.1, 0.15) is 8.55 Å². The minimum atomic E-state index is -0.403. The Bertz CT molecular complexity index is 831. The molecule has 3 rings (SSSR count). The Morgan fingerprint density at radius 3 is 3.00 bits per heavy atom. The first-order chi connectivity index (χ1) is 11.7. The van der Waals surface area contributed by atoms with E-state index < -0.39 is 11.8 Å². The quantitative estimate of drug-likeness (QED) is 0.753. The average molecular weight is 330 g/mol. The van der Waals surface area contributed by atoms with Crippen LogP contribution < -0.4 is 10.6 Å². The van der Waals surface area contributed by atoms with Gasteiger partial charge in [-0.15, -0.1) is 0 Å². The fourth-order valence-electron chi connectivity index (χ4n) is 2.08. The van der Waals surface area contributed by atoms with Crippen molar-refractivity contribution in [1.29, 1.82) is 0 Å². The smallest absolute Gasteiger partial charge is 0.319 e. The number of imidazole rings is 1. The molecule has 2 amide bonds. The number of halogens is 1. The van der Waals surface area contributed by atoms with Crippen molar-refractivity contribution in [3.8, 4) is 5.82 Å². The number of amides is 2. The van der Waals surface area contributed by atoms with Crippen LogP contribution in [0.15, 0.2) is 55.4 Å². The number of anilines is 1. The molecular weight excluding hydrogens is 311 g/mol. The highest BCUT2D eigenvalue weighted by atomic mass is 19.1. The molecule has 2 N–H and O–H groups in total. The summed E-state index contributed by atoms with van der Waals surface area (Å²) in [6.07, 6.45) is 8.87. The largest absolute Gasteiger partial charge is 0.337 e.